The lowest BCUT2D eigenvalue weighted by Gasteiger charge is -2.14. The van der Waals surface area contributed by atoms with E-state index in [1.54, 1.807) is 21.3 Å². The highest BCUT2D eigenvalue weighted by Gasteiger charge is 2.06. The first-order valence-electron chi connectivity index (χ1n) is 7.97. The Kier molecular flexibility index (Phi) is 7.13. The van der Waals surface area contributed by atoms with E-state index < -0.39 is 0 Å². The van der Waals surface area contributed by atoms with Crippen LogP contribution >= 0.6 is 15.9 Å². The van der Waals surface area contributed by atoms with E-state index in [1.165, 1.54) is 11.1 Å². The third-order valence-corrected chi connectivity index (χ3v) is 4.38. The zero-order valence-corrected chi connectivity index (χ0v) is 16.6. The maximum absolute atomic E-state index is 5.34. The lowest BCUT2D eigenvalue weighted by atomic mass is 10.1. The molecule has 0 bridgehead atoms. The maximum atomic E-state index is 5.34. The number of halogens is 1. The summed E-state index contributed by atoms with van der Waals surface area (Å²) in [5.74, 6) is 2.19. The van der Waals surface area contributed by atoms with Crippen LogP contribution in [0.3, 0.4) is 0 Å². The van der Waals surface area contributed by atoms with E-state index in [2.05, 4.69) is 50.6 Å². The normalized spacial score (nSPS) is 11.2. The summed E-state index contributed by atoms with van der Waals surface area (Å²) in [6.07, 6.45) is 0. The van der Waals surface area contributed by atoms with Crippen LogP contribution < -0.4 is 20.1 Å². The molecule has 0 atom stereocenters. The third-order valence-electron chi connectivity index (χ3n) is 3.88. The van der Waals surface area contributed by atoms with E-state index in [0.717, 1.165) is 27.5 Å². The standard InChI is InChI=1S/C19H24BrN3O2/c1-13-9-16(20)7-6-15(13)12-23-19(21-2)22-11-14-5-8-17(24-3)18(10-14)25-4/h5-10H,11-12H2,1-4H3,(H2,21,22,23). The number of hydrogen-bond donors (Lipinski definition) is 2. The number of methoxy groups -OCH3 is 2. The van der Waals surface area contributed by atoms with E-state index >= 15 is 0 Å². The van der Waals surface area contributed by atoms with Crippen molar-refractivity contribution < 1.29 is 9.47 Å². The highest BCUT2D eigenvalue weighted by Crippen LogP contribution is 2.27. The van der Waals surface area contributed by atoms with Gasteiger partial charge in [-0.3, -0.25) is 4.99 Å². The molecule has 0 amide bonds. The molecule has 2 rings (SSSR count). The molecule has 0 unspecified atom stereocenters. The summed E-state index contributed by atoms with van der Waals surface area (Å²) in [5, 5.41) is 6.64. The molecule has 2 aromatic rings. The van der Waals surface area contributed by atoms with Gasteiger partial charge in [-0.05, 0) is 47.9 Å². The van der Waals surface area contributed by atoms with Crippen LogP contribution in [0.1, 0.15) is 16.7 Å². The van der Waals surface area contributed by atoms with E-state index in [9.17, 15) is 0 Å². The summed E-state index contributed by atoms with van der Waals surface area (Å²) in [6, 6.07) is 12.1. The quantitative estimate of drug-likeness (QED) is 0.568. The summed E-state index contributed by atoms with van der Waals surface area (Å²) >= 11 is 3.49. The Bertz CT molecular complexity index is 747. The van der Waals surface area contributed by atoms with Crippen molar-refractivity contribution in [3.8, 4) is 11.5 Å². The molecule has 134 valence electrons. The van der Waals surface area contributed by atoms with Gasteiger partial charge in [-0.1, -0.05) is 28.1 Å². The van der Waals surface area contributed by atoms with Crippen LogP contribution in [0.15, 0.2) is 45.9 Å². The predicted octanol–water partition coefficient (Wildman–Crippen LogP) is 3.64. The van der Waals surface area contributed by atoms with E-state index in [4.69, 9.17) is 9.47 Å². The first-order chi connectivity index (χ1) is 12.1. The first-order valence-corrected chi connectivity index (χ1v) is 8.77. The molecule has 0 aliphatic carbocycles. The lowest BCUT2D eigenvalue weighted by Crippen LogP contribution is -2.36. The largest absolute Gasteiger partial charge is 0.493 e. The van der Waals surface area contributed by atoms with E-state index in [-0.39, 0.29) is 0 Å². The third kappa shape index (κ3) is 5.39. The monoisotopic (exact) mass is 405 g/mol. The fraction of sp³-hybridized carbons (Fsp3) is 0.316. The number of hydrogen-bond acceptors (Lipinski definition) is 3. The Hall–Kier alpha value is -2.21. The Labute approximate surface area is 157 Å². The van der Waals surface area contributed by atoms with Crippen molar-refractivity contribution in [3.63, 3.8) is 0 Å². The summed E-state index contributed by atoms with van der Waals surface area (Å²) in [7, 11) is 5.03. The SMILES string of the molecule is CN=C(NCc1ccc(OC)c(OC)c1)NCc1ccc(Br)cc1C. The molecule has 0 aliphatic rings. The molecule has 0 saturated heterocycles. The summed E-state index contributed by atoms with van der Waals surface area (Å²) < 4.78 is 11.7. The number of nitrogens with zero attached hydrogens (tertiary/aromatic N) is 1. The van der Waals surface area contributed by atoms with Crippen LogP contribution in [0.5, 0.6) is 11.5 Å². The van der Waals surface area contributed by atoms with Gasteiger partial charge in [0.05, 0.1) is 14.2 Å². The van der Waals surface area contributed by atoms with Gasteiger partial charge in [0.25, 0.3) is 0 Å². The highest BCUT2D eigenvalue weighted by molar-refractivity contribution is 9.10. The molecule has 0 spiro atoms. The van der Waals surface area contributed by atoms with Crippen molar-refractivity contribution in [2.45, 2.75) is 20.0 Å². The molecule has 2 aromatic carbocycles. The molecule has 0 aliphatic heterocycles. The number of benzene rings is 2. The number of aliphatic imine (C=N–C) groups is 1. The van der Waals surface area contributed by atoms with Gasteiger partial charge in [0.1, 0.15) is 0 Å². The van der Waals surface area contributed by atoms with Gasteiger partial charge in [-0.25, -0.2) is 0 Å². The number of ether oxygens (including phenoxy) is 2. The molecule has 25 heavy (non-hydrogen) atoms. The molecule has 0 saturated carbocycles. The number of guanidine groups is 1. The molecule has 0 fully saturated rings. The Morgan fingerprint density at radius 1 is 1.00 bits per heavy atom. The summed E-state index contributed by atoms with van der Waals surface area (Å²) in [5.41, 5.74) is 3.55. The molecule has 5 nitrogen and oxygen atoms in total. The van der Waals surface area contributed by atoms with Gasteiger partial charge in [0.2, 0.25) is 0 Å². The Morgan fingerprint density at radius 2 is 1.72 bits per heavy atom. The van der Waals surface area contributed by atoms with Crippen molar-refractivity contribution >= 4 is 21.9 Å². The van der Waals surface area contributed by atoms with E-state index in [0.29, 0.717) is 13.1 Å². The minimum absolute atomic E-state index is 0.638. The molecular weight excluding hydrogens is 382 g/mol. The lowest BCUT2D eigenvalue weighted by molar-refractivity contribution is 0.354. The van der Waals surface area contributed by atoms with Gasteiger partial charge in [0, 0.05) is 24.6 Å². The highest BCUT2D eigenvalue weighted by atomic mass is 79.9. The van der Waals surface area contributed by atoms with Crippen LogP contribution in [0.2, 0.25) is 0 Å². The van der Waals surface area contributed by atoms with Crippen LogP contribution in [-0.2, 0) is 13.1 Å². The van der Waals surface area contributed by atoms with Crippen molar-refractivity contribution in [3.05, 3.63) is 57.6 Å². The average Bonchev–Trinajstić information content (AvgIpc) is 2.62. The van der Waals surface area contributed by atoms with Crippen LogP contribution in [0.25, 0.3) is 0 Å². The Morgan fingerprint density at radius 3 is 2.36 bits per heavy atom. The average molecular weight is 406 g/mol. The van der Waals surface area contributed by atoms with Crippen LogP contribution in [-0.4, -0.2) is 27.2 Å². The Balaban J connectivity index is 1.94. The van der Waals surface area contributed by atoms with Crippen molar-refractivity contribution in [1.82, 2.24) is 10.6 Å². The fourth-order valence-electron chi connectivity index (χ4n) is 2.43. The minimum Gasteiger partial charge on any atom is -0.493 e. The number of nitrogens with one attached hydrogen (secondary N) is 2. The van der Waals surface area contributed by atoms with Crippen LogP contribution in [0, 0.1) is 6.92 Å². The minimum atomic E-state index is 0.638. The topological polar surface area (TPSA) is 54.9 Å². The smallest absolute Gasteiger partial charge is 0.191 e. The second-order valence-electron chi connectivity index (χ2n) is 5.54. The van der Waals surface area contributed by atoms with Crippen LogP contribution in [0.4, 0.5) is 0 Å². The van der Waals surface area contributed by atoms with Gasteiger partial charge < -0.3 is 20.1 Å². The van der Waals surface area contributed by atoms with Crippen molar-refractivity contribution in [1.29, 1.82) is 0 Å². The molecule has 0 radical (unpaired) electrons. The second-order valence-corrected chi connectivity index (χ2v) is 6.46. The van der Waals surface area contributed by atoms with E-state index in [1.807, 2.05) is 24.3 Å². The fourth-order valence-corrected chi connectivity index (χ4v) is 2.91. The zero-order chi connectivity index (χ0) is 18.2. The van der Waals surface area contributed by atoms with Gasteiger partial charge >= 0.3 is 0 Å². The predicted molar refractivity (Wildman–Crippen MR) is 105 cm³/mol. The molecule has 2 N–H and O–H groups in total. The second kappa shape index (κ2) is 9.32. The number of rotatable bonds is 6. The zero-order valence-electron chi connectivity index (χ0n) is 15.0. The molecular formula is C19H24BrN3O2. The molecule has 6 heteroatoms. The van der Waals surface area contributed by atoms with Crippen molar-refractivity contribution in [2.75, 3.05) is 21.3 Å². The number of aryl methyl sites for hydroxylation is 1. The maximum Gasteiger partial charge on any atom is 0.191 e. The summed E-state index contributed by atoms with van der Waals surface area (Å²) in [6.45, 7) is 3.45. The van der Waals surface area contributed by atoms with Gasteiger partial charge in [0.15, 0.2) is 17.5 Å². The summed E-state index contributed by atoms with van der Waals surface area (Å²) in [4.78, 5) is 4.27. The van der Waals surface area contributed by atoms with Gasteiger partial charge in [-0.15, -0.1) is 0 Å². The molecule has 0 heterocycles. The van der Waals surface area contributed by atoms with Gasteiger partial charge in [-0.2, -0.15) is 0 Å². The first kappa shape index (κ1) is 19.1. The molecule has 0 aromatic heterocycles. The van der Waals surface area contributed by atoms with Crippen molar-refractivity contribution in [2.24, 2.45) is 4.99 Å².